The molecule has 0 radical (unpaired) electrons. The number of nitrogens with one attached hydrogen (secondary N) is 1. The van der Waals surface area contributed by atoms with Crippen LogP contribution in [0.25, 0.3) is 0 Å². The third-order valence-electron chi connectivity index (χ3n) is 9.17. The van der Waals surface area contributed by atoms with E-state index in [-0.39, 0.29) is 46.6 Å². The molecular weight excluding hydrogens is 711 g/mol. The number of halogens is 2. The van der Waals surface area contributed by atoms with Gasteiger partial charge in [0.2, 0.25) is 11.8 Å². The fourth-order valence-electron chi connectivity index (χ4n) is 6.35. The molecule has 11 nitrogen and oxygen atoms in total. The molecule has 0 unspecified atom stereocenters. The molecule has 1 saturated carbocycles. The van der Waals surface area contributed by atoms with Gasteiger partial charge in [-0.05, 0) is 55.7 Å². The van der Waals surface area contributed by atoms with Crippen LogP contribution in [0.4, 0.5) is 15.8 Å². The Hall–Kier alpha value is -5.01. The second kappa shape index (κ2) is 17.0. The van der Waals surface area contributed by atoms with E-state index < -0.39 is 55.7 Å². The molecule has 0 bridgehead atoms. The van der Waals surface area contributed by atoms with E-state index in [2.05, 4.69) is 5.32 Å². The zero-order valence-electron chi connectivity index (χ0n) is 28.8. The number of rotatable bonds is 14. The lowest BCUT2D eigenvalue weighted by molar-refractivity contribution is -0.385. The molecule has 1 aliphatic carbocycles. The molecule has 2 amide bonds. The minimum Gasteiger partial charge on any atom is -0.495 e. The van der Waals surface area contributed by atoms with Crippen molar-refractivity contribution in [1.82, 2.24) is 10.2 Å². The Balaban J connectivity index is 1.64. The van der Waals surface area contributed by atoms with Gasteiger partial charge in [-0.1, -0.05) is 85.5 Å². The van der Waals surface area contributed by atoms with Crippen molar-refractivity contribution in [3.8, 4) is 5.75 Å². The topological polar surface area (TPSA) is 139 Å². The van der Waals surface area contributed by atoms with Gasteiger partial charge in [0.05, 0.1) is 22.6 Å². The van der Waals surface area contributed by atoms with Gasteiger partial charge < -0.3 is 15.0 Å². The molecule has 1 N–H and O–H groups in total. The van der Waals surface area contributed by atoms with Gasteiger partial charge in [0.15, 0.2) is 0 Å². The van der Waals surface area contributed by atoms with Crippen molar-refractivity contribution in [1.29, 1.82) is 0 Å². The number of carbonyl (C=O) groups is 2. The number of sulfonamides is 1. The molecule has 1 atom stereocenters. The van der Waals surface area contributed by atoms with E-state index in [1.165, 1.54) is 67.5 Å². The third-order valence-corrected chi connectivity index (χ3v) is 11.2. The minimum atomic E-state index is -4.75. The van der Waals surface area contributed by atoms with Gasteiger partial charge in [-0.3, -0.25) is 24.0 Å². The first kappa shape index (κ1) is 38.2. The number of hydrogen-bond donors (Lipinski definition) is 1. The summed E-state index contributed by atoms with van der Waals surface area (Å²) in [6.45, 7) is 0.219. The molecule has 274 valence electrons. The van der Waals surface area contributed by atoms with Crippen molar-refractivity contribution in [2.24, 2.45) is 0 Å². The summed E-state index contributed by atoms with van der Waals surface area (Å²) in [4.78, 5) is 40.9. The zero-order chi connectivity index (χ0) is 37.4. The predicted octanol–water partition coefficient (Wildman–Crippen LogP) is 6.99. The number of anilines is 1. The van der Waals surface area contributed by atoms with Gasteiger partial charge in [-0.15, -0.1) is 0 Å². The highest BCUT2D eigenvalue weighted by atomic mass is 35.5. The van der Waals surface area contributed by atoms with Gasteiger partial charge in [0, 0.05) is 41.2 Å². The highest BCUT2D eigenvalue weighted by Gasteiger charge is 2.37. The van der Waals surface area contributed by atoms with Crippen molar-refractivity contribution >= 4 is 44.8 Å². The van der Waals surface area contributed by atoms with Crippen LogP contribution in [0.15, 0.2) is 95.9 Å². The van der Waals surface area contributed by atoms with Crippen molar-refractivity contribution in [3.05, 3.63) is 129 Å². The van der Waals surface area contributed by atoms with Gasteiger partial charge in [-0.25, -0.2) is 12.8 Å². The molecule has 52 heavy (non-hydrogen) atoms. The molecule has 0 saturated heterocycles. The number of benzene rings is 4. The van der Waals surface area contributed by atoms with Crippen molar-refractivity contribution in [2.75, 3.05) is 18.0 Å². The number of hydrogen-bond acceptors (Lipinski definition) is 7. The Kier molecular flexibility index (Phi) is 12.5. The van der Waals surface area contributed by atoms with E-state index in [0.29, 0.717) is 0 Å². The number of nitrogens with zero attached hydrogens (tertiary/aromatic N) is 3. The normalized spacial score (nSPS) is 13.9. The molecule has 0 heterocycles. The van der Waals surface area contributed by atoms with Crippen molar-refractivity contribution in [3.63, 3.8) is 0 Å². The number of ether oxygens (including phenoxy) is 1. The predicted molar refractivity (Wildman–Crippen MR) is 196 cm³/mol. The average Bonchev–Trinajstić information content (AvgIpc) is 3.13. The Morgan fingerprint density at radius 3 is 2.37 bits per heavy atom. The molecule has 14 heteroatoms. The van der Waals surface area contributed by atoms with E-state index in [1.807, 2.05) is 18.2 Å². The van der Waals surface area contributed by atoms with Gasteiger partial charge >= 0.3 is 0 Å². The van der Waals surface area contributed by atoms with Crippen LogP contribution in [0.5, 0.6) is 5.75 Å². The van der Waals surface area contributed by atoms with Crippen LogP contribution in [0.3, 0.4) is 0 Å². The summed E-state index contributed by atoms with van der Waals surface area (Å²) < 4.78 is 50.5. The maximum Gasteiger partial charge on any atom is 0.273 e. The number of amides is 2. The molecule has 5 rings (SSSR count). The molecule has 4 aromatic carbocycles. The second-order valence-corrected chi connectivity index (χ2v) is 15.0. The first-order valence-corrected chi connectivity index (χ1v) is 18.7. The minimum absolute atomic E-state index is 0.0407. The van der Waals surface area contributed by atoms with E-state index >= 15 is 4.39 Å². The number of nitro groups is 1. The molecule has 4 aromatic rings. The summed E-state index contributed by atoms with van der Waals surface area (Å²) in [5, 5.41) is 15.0. The van der Waals surface area contributed by atoms with Crippen LogP contribution in [0.2, 0.25) is 5.02 Å². The van der Waals surface area contributed by atoms with Crippen LogP contribution >= 0.6 is 11.6 Å². The number of nitro benzene ring substituents is 1. The molecule has 0 aliphatic heterocycles. The molecule has 0 aromatic heterocycles. The number of carbonyl (C=O) groups excluding carboxylic acids is 2. The summed E-state index contributed by atoms with van der Waals surface area (Å²) in [6, 6.07) is 21.2. The van der Waals surface area contributed by atoms with E-state index in [0.717, 1.165) is 48.0 Å². The molecular formula is C38H40ClFN4O7S. The zero-order valence-corrected chi connectivity index (χ0v) is 30.4. The summed E-state index contributed by atoms with van der Waals surface area (Å²) in [7, 11) is -3.43. The highest BCUT2D eigenvalue weighted by molar-refractivity contribution is 7.92. The summed E-state index contributed by atoms with van der Waals surface area (Å²) in [5.41, 5.74) is 0.516. The Morgan fingerprint density at radius 2 is 1.69 bits per heavy atom. The van der Waals surface area contributed by atoms with Crippen LogP contribution in [0.1, 0.15) is 48.8 Å². The van der Waals surface area contributed by atoms with Crippen molar-refractivity contribution < 1.29 is 32.1 Å². The molecule has 0 spiro atoms. The fourth-order valence-corrected chi connectivity index (χ4v) is 7.96. The smallest absolute Gasteiger partial charge is 0.273 e. The first-order valence-electron chi connectivity index (χ1n) is 16.9. The van der Waals surface area contributed by atoms with E-state index in [1.54, 1.807) is 18.2 Å². The number of methoxy groups -OCH3 is 1. The quantitative estimate of drug-likeness (QED) is 0.108. The lowest BCUT2D eigenvalue weighted by atomic mass is 9.94. The standard InChI is InChI=1S/C38H40ClFN4O7S/c1-26-17-19-31(23-33(26)44(47)48)52(49,50)43(34-22-29(39)18-20-36(34)51-2)25-37(45)42(24-28-13-9-10-16-32(28)40)35(21-27-11-5-3-6-12-27)38(46)41-30-14-7-4-8-15-30/h3,5-6,9-13,16-20,22-23,30,35H,4,7-8,14-15,21,24-25H2,1-2H3,(H,41,46)/t35-/m1/s1. The number of aryl methyl sites for hydroxylation is 1. The fraction of sp³-hybridized carbons (Fsp3) is 0.316. The van der Waals surface area contributed by atoms with E-state index in [9.17, 15) is 28.1 Å². The third kappa shape index (κ3) is 9.07. The lowest BCUT2D eigenvalue weighted by Crippen LogP contribution is -2.55. The van der Waals surface area contributed by atoms with Crippen LogP contribution in [-0.2, 0) is 32.6 Å². The maximum absolute atomic E-state index is 15.3. The average molecular weight is 751 g/mol. The molecule has 1 fully saturated rings. The van der Waals surface area contributed by atoms with Crippen LogP contribution < -0.4 is 14.4 Å². The van der Waals surface area contributed by atoms with Gasteiger partial charge in [-0.2, -0.15) is 0 Å². The maximum atomic E-state index is 15.3. The van der Waals surface area contributed by atoms with Crippen molar-refractivity contribution in [2.45, 2.75) is 69.0 Å². The Morgan fingerprint density at radius 1 is 1.00 bits per heavy atom. The monoisotopic (exact) mass is 750 g/mol. The van der Waals surface area contributed by atoms with E-state index in [4.69, 9.17) is 16.3 Å². The first-order chi connectivity index (χ1) is 24.9. The largest absolute Gasteiger partial charge is 0.495 e. The van der Waals surface area contributed by atoms with Crippen LogP contribution in [-0.4, -0.2) is 55.8 Å². The Bertz CT molecular complexity index is 2030. The van der Waals surface area contributed by atoms with Gasteiger partial charge in [0.25, 0.3) is 15.7 Å². The lowest BCUT2D eigenvalue weighted by Gasteiger charge is -2.35. The van der Waals surface area contributed by atoms with Crippen LogP contribution in [0, 0.1) is 22.9 Å². The summed E-state index contributed by atoms with van der Waals surface area (Å²) >= 11 is 6.34. The summed E-state index contributed by atoms with van der Waals surface area (Å²) in [5.74, 6) is -1.86. The highest BCUT2D eigenvalue weighted by Crippen LogP contribution is 2.36. The Labute approximate surface area is 307 Å². The molecule has 1 aliphatic rings. The second-order valence-electron chi connectivity index (χ2n) is 12.7. The van der Waals surface area contributed by atoms with Gasteiger partial charge in [0.1, 0.15) is 24.2 Å². The SMILES string of the molecule is COc1ccc(Cl)cc1N(CC(=O)N(Cc1ccccc1F)[C@H](Cc1ccccc1)C(=O)NC1CCCCC1)S(=O)(=O)c1ccc(C)c([N+](=O)[O-])c1. The summed E-state index contributed by atoms with van der Waals surface area (Å²) in [6.07, 6.45) is 4.54.